The van der Waals surface area contributed by atoms with Crippen molar-refractivity contribution in [2.45, 2.75) is 53.5 Å². The molecule has 1 N–H and O–H groups in total. The molecular formula is C13H29NS. The molecule has 92 valence electrons. The maximum atomic E-state index is 3.59. The number of hydrogen-bond donors (Lipinski definition) is 1. The SMILES string of the molecule is CSCCCC(C)(CNC(C)C)C(C)C. The van der Waals surface area contributed by atoms with Gasteiger partial charge < -0.3 is 5.32 Å². The van der Waals surface area contributed by atoms with Crippen molar-refractivity contribution in [1.82, 2.24) is 5.32 Å². The molecule has 2 heteroatoms. The third-order valence-electron chi connectivity index (χ3n) is 3.40. The lowest BCUT2D eigenvalue weighted by atomic mass is 9.75. The molecule has 0 spiro atoms. The van der Waals surface area contributed by atoms with Crippen molar-refractivity contribution < 1.29 is 0 Å². The topological polar surface area (TPSA) is 12.0 Å². The monoisotopic (exact) mass is 231 g/mol. The molecule has 0 aliphatic heterocycles. The molecule has 0 amide bonds. The van der Waals surface area contributed by atoms with E-state index in [0.717, 1.165) is 12.5 Å². The van der Waals surface area contributed by atoms with Crippen molar-refractivity contribution in [3.63, 3.8) is 0 Å². The maximum absolute atomic E-state index is 3.59. The van der Waals surface area contributed by atoms with Crippen molar-refractivity contribution in [3.8, 4) is 0 Å². The number of nitrogens with one attached hydrogen (secondary N) is 1. The van der Waals surface area contributed by atoms with Gasteiger partial charge in [0, 0.05) is 12.6 Å². The fraction of sp³-hybridized carbons (Fsp3) is 1.00. The molecule has 0 aliphatic rings. The smallest absolute Gasteiger partial charge is 0.00106 e. The third-order valence-corrected chi connectivity index (χ3v) is 4.10. The fourth-order valence-electron chi connectivity index (χ4n) is 1.64. The summed E-state index contributed by atoms with van der Waals surface area (Å²) in [6, 6.07) is 0.601. The first-order chi connectivity index (χ1) is 6.92. The fourth-order valence-corrected chi connectivity index (χ4v) is 2.07. The van der Waals surface area contributed by atoms with Crippen LogP contribution < -0.4 is 5.32 Å². The van der Waals surface area contributed by atoms with Gasteiger partial charge in [-0.3, -0.25) is 0 Å². The highest BCUT2D eigenvalue weighted by Gasteiger charge is 2.27. The van der Waals surface area contributed by atoms with Gasteiger partial charge >= 0.3 is 0 Å². The van der Waals surface area contributed by atoms with Crippen LogP contribution >= 0.6 is 11.8 Å². The summed E-state index contributed by atoms with van der Waals surface area (Å²) < 4.78 is 0. The summed E-state index contributed by atoms with van der Waals surface area (Å²) in [7, 11) is 0. The molecule has 0 aromatic heterocycles. The first-order valence-corrected chi connectivity index (χ1v) is 7.54. The number of thioether (sulfide) groups is 1. The van der Waals surface area contributed by atoms with Gasteiger partial charge in [0.15, 0.2) is 0 Å². The standard InChI is InChI=1S/C13H29NS/c1-11(2)13(5,8-7-9-15-6)10-14-12(3)4/h11-12,14H,7-10H2,1-6H3. The normalized spacial score (nSPS) is 16.0. The Labute approximate surface area is 101 Å². The van der Waals surface area contributed by atoms with E-state index < -0.39 is 0 Å². The summed E-state index contributed by atoms with van der Waals surface area (Å²) in [6.07, 6.45) is 4.87. The van der Waals surface area contributed by atoms with Crippen LogP contribution in [0.2, 0.25) is 0 Å². The summed E-state index contributed by atoms with van der Waals surface area (Å²) in [4.78, 5) is 0. The van der Waals surface area contributed by atoms with Gasteiger partial charge in [-0.2, -0.15) is 11.8 Å². The van der Waals surface area contributed by atoms with Gasteiger partial charge in [-0.15, -0.1) is 0 Å². The first kappa shape index (κ1) is 15.3. The van der Waals surface area contributed by atoms with Crippen molar-refractivity contribution >= 4 is 11.8 Å². The summed E-state index contributed by atoms with van der Waals surface area (Å²) in [6.45, 7) is 12.7. The van der Waals surface area contributed by atoms with Crippen molar-refractivity contribution in [2.24, 2.45) is 11.3 Å². The molecule has 0 bridgehead atoms. The van der Waals surface area contributed by atoms with Gasteiger partial charge in [-0.05, 0) is 36.2 Å². The molecule has 0 rings (SSSR count). The van der Waals surface area contributed by atoms with Gasteiger partial charge in [-0.25, -0.2) is 0 Å². The first-order valence-electron chi connectivity index (χ1n) is 6.14. The Balaban J connectivity index is 4.07. The quantitative estimate of drug-likeness (QED) is 0.638. The second kappa shape index (κ2) is 7.56. The molecule has 1 atom stereocenters. The second-order valence-corrected chi connectivity index (χ2v) is 6.43. The summed E-state index contributed by atoms with van der Waals surface area (Å²) in [5.74, 6) is 2.05. The Bertz CT molecular complexity index is 157. The molecule has 0 aromatic rings. The Morgan fingerprint density at radius 2 is 1.80 bits per heavy atom. The van der Waals surface area contributed by atoms with Crippen LogP contribution in [0.1, 0.15) is 47.5 Å². The van der Waals surface area contributed by atoms with Gasteiger partial charge in [0.2, 0.25) is 0 Å². The zero-order valence-corrected chi connectivity index (χ0v) is 12.2. The van der Waals surface area contributed by atoms with E-state index in [0.29, 0.717) is 11.5 Å². The van der Waals surface area contributed by atoms with E-state index in [1.54, 1.807) is 0 Å². The molecule has 0 fully saturated rings. The van der Waals surface area contributed by atoms with Crippen LogP contribution in [0.5, 0.6) is 0 Å². The van der Waals surface area contributed by atoms with Gasteiger partial charge in [-0.1, -0.05) is 34.6 Å². The minimum Gasteiger partial charge on any atom is -0.314 e. The number of rotatable bonds is 8. The predicted molar refractivity (Wildman–Crippen MR) is 73.7 cm³/mol. The van der Waals surface area contributed by atoms with E-state index >= 15 is 0 Å². The largest absolute Gasteiger partial charge is 0.314 e. The lowest BCUT2D eigenvalue weighted by molar-refractivity contribution is 0.185. The van der Waals surface area contributed by atoms with Crippen LogP contribution in [0.4, 0.5) is 0 Å². The van der Waals surface area contributed by atoms with E-state index in [1.807, 2.05) is 11.8 Å². The lowest BCUT2D eigenvalue weighted by Gasteiger charge is -2.35. The zero-order chi connectivity index (χ0) is 11.9. The van der Waals surface area contributed by atoms with Gasteiger partial charge in [0.05, 0.1) is 0 Å². The van der Waals surface area contributed by atoms with Crippen LogP contribution in [0.3, 0.4) is 0 Å². The average Bonchev–Trinajstić information content (AvgIpc) is 2.15. The molecule has 0 saturated carbocycles. The van der Waals surface area contributed by atoms with Crippen molar-refractivity contribution in [1.29, 1.82) is 0 Å². The summed E-state index contributed by atoms with van der Waals surface area (Å²) >= 11 is 1.96. The summed E-state index contributed by atoms with van der Waals surface area (Å²) in [5, 5.41) is 3.59. The Kier molecular flexibility index (Phi) is 7.72. The molecule has 0 aliphatic carbocycles. The predicted octanol–water partition coefficient (Wildman–Crippen LogP) is 3.79. The molecule has 1 unspecified atom stereocenters. The minimum absolute atomic E-state index is 0.458. The molecule has 0 aromatic carbocycles. The van der Waals surface area contributed by atoms with Crippen LogP contribution in [0.25, 0.3) is 0 Å². The van der Waals surface area contributed by atoms with Crippen LogP contribution in [-0.4, -0.2) is 24.6 Å². The van der Waals surface area contributed by atoms with Crippen LogP contribution in [0.15, 0.2) is 0 Å². The average molecular weight is 231 g/mol. The highest BCUT2D eigenvalue weighted by molar-refractivity contribution is 7.98. The van der Waals surface area contributed by atoms with E-state index in [2.05, 4.69) is 46.2 Å². The summed E-state index contributed by atoms with van der Waals surface area (Å²) in [5.41, 5.74) is 0.458. The van der Waals surface area contributed by atoms with Crippen LogP contribution in [0, 0.1) is 11.3 Å². The highest BCUT2D eigenvalue weighted by atomic mass is 32.2. The van der Waals surface area contributed by atoms with E-state index in [9.17, 15) is 0 Å². The Hall–Kier alpha value is 0.310. The van der Waals surface area contributed by atoms with Crippen molar-refractivity contribution in [2.75, 3.05) is 18.6 Å². The maximum Gasteiger partial charge on any atom is 0.00106 e. The molecule has 1 nitrogen and oxygen atoms in total. The molecular weight excluding hydrogens is 202 g/mol. The van der Waals surface area contributed by atoms with E-state index in [4.69, 9.17) is 0 Å². The third kappa shape index (κ3) is 6.47. The van der Waals surface area contributed by atoms with Gasteiger partial charge in [0.25, 0.3) is 0 Å². The van der Waals surface area contributed by atoms with E-state index in [-0.39, 0.29) is 0 Å². The Morgan fingerprint density at radius 1 is 1.20 bits per heavy atom. The minimum atomic E-state index is 0.458. The van der Waals surface area contributed by atoms with E-state index in [1.165, 1.54) is 18.6 Å². The zero-order valence-electron chi connectivity index (χ0n) is 11.4. The number of hydrogen-bond acceptors (Lipinski definition) is 2. The van der Waals surface area contributed by atoms with Crippen LogP contribution in [-0.2, 0) is 0 Å². The lowest BCUT2D eigenvalue weighted by Crippen LogP contribution is -2.39. The highest BCUT2D eigenvalue weighted by Crippen LogP contribution is 2.32. The second-order valence-electron chi connectivity index (χ2n) is 5.44. The molecule has 0 heterocycles. The molecule has 0 radical (unpaired) electrons. The molecule has 0 saturated heterocycles. The Morgan fingerprint density at radius 3 is 2.20 bits per heavy atom. The molecule has 15 heavy (non-hydrogen) atoms. The van der Waals surface area contributed by atoms with Crippen molar-refractivity contribution in [3.05, 3.63) is 0 Å². The van der Waals surface area contributed by atoms with Gasteiger partial charge in [0.1, 0.15) is 0 Å².